The number of nitrogens with one attached hydrogen (secondary N) is 2. The Hall–Kier alpha value is -3.58. The lowest BCUT2D eigenvalue weighted by Crippen LogP contribution is -2.23. The molecule has 0 aliphatic carbocycles. The highest BCUT2D eigenvalue weighted by Gasteiger charge is 2.20. The van der Waals surface area contributed by atoms with Crippen LogP contribution in [0.1, 0.15) is 10.4 Å². The van der Waals surface area contributed by atoms with Gasteiger partial charge in [-0.25, -0.2) is 4.79 Å². The maximum absolute atomic E-state index is 12.4. The van der Waals surface area contributed by atoms with E-state index >= 15 is 0 Å². The van der Waals surface area contributed by atoms with E-state index in [1.54, 1.807) is 48.5 Å². The first-order valence-electron chi connectivity index (χ1n) is 7.39. The van der Waals surface area contributed by atoms with Crippen molar-refractivity contribution in [1.29, 1.82) is 0 Å². The van der Waals surface area contributed by atoms with Gasteiger partial charge in [0.15, 0.2) is 5.56 Å². The van der Waals surface area contributed by atoms with Gasteiger partial charge in [0.1, 0.15) is 5.76 Å². The maximum atomic E-state index is 12.4. The summed E-state index contributed by atoms with van der Waals surface area (Å²) >= 11 is 0. The molecule has 0 aliphatic heterocycles. The largest absolute Gasteiger partial charge is 0.422 e. The molecular weight excluding hydrogens is 322 g/mol. The van der Waals surface area contributed by atoms with Gasteiger partial charge in [-0.05, 0) is 12.1 Å². The predicted molar refractivity (Wildman–Crippen MR) is 94.6 cm³/mol. The number of anilines is 3. The molecule has 2 aromatic carbocycles. The van der Waals surface area contributed by atoms with Crippen molar-refractivity contribution in [2.24, 2.45) is 0 Å². The van der Waals surface area contributed by atoms with Crippen LogP contribution in [0.4, 0.5) is 17.1 Å². The molecule has 0 fully saturated rings. The molecule has 0 spiro atoms. The van der Waals surface area contributed by atoms with Gasteiger partial charge in [-0.1, -0.05) is 42.5 Å². The lowest BCUT2D eigenvalue weighted by atomic mass is 10.1. The van der Waals surface area contributed by atoms with Crippen molar-refractivity contribution in [1.82, 2.24) is 0 Å². The van der Waals surface area contributed by atoms with Gasteiger partial charge in [-0.2, -0.15) is 0 Å². The summed E-state index contributed by atoms with van der Waals surface area (Å²) in [5, 5.41) is 11.9. The van der Waals surface area contributed by atoms with Crippen molar-refractivity contribution < 1.29 is 14.4 Å². The Kier molecular flexibility index (Phi) is 4.49. The third kappa shape index (κ3) is 3.36. The summed E-state index contributed by atoms with van der Waals surface area (Å²) in [5.41, 5.74) is 7.67. The zero-order chi connectivity index (χ0) is 17.8. The zero-order valence-corrected chi connectivity index (χ0v) is 13.0. The van der Waals surface area contributed by atoms with Gasteiger partial charge in [0.05, 0.1) is 17.1 Å². The van der Waals surface area contributed by atoms with Crippen LogP contribution in [0.5, 0.6) is 0 Å². The molecule has 3 rings (SSSR count). The normalized spacial score (nSPS) is 10.3. The Labute approximate surface area is 142 Å². The van der Waals surface area contributed by atoms with Gasteiger partial charge in [0.25, 0.3) is 5.91 Å². The number of carbonyl (C=O) groups is 1. The summed E-state index contributed by atoms with van der Waals surface area (Å²) in [5.74, 6) is -0.527. The third-order valence-corrected chi connectivity index (χ3v) is 3.57. The number of nitrogens with two attached hydrogens (primary N) is 1. The summed E-state index contributed by atoms with van der Waals surface area (Å²) in [6.07, 6.45) is 0. The molecule has 0 unspecified atom stereocenters. The molecule has 25 heavy (non-hydrogen) atoms. The average molecular weight is 337 g/mol. The molecule has 1 heterocycles. The zero-order valence-electron chi connectivity index (χ0n) is 13.0. The molecule has 0 bridgehead atoms. The lowest BCUT2D eigenvalue weighted by molar-refractivity contribution is 0.102. The van der Waals surface area contributed by atoms with Crippen LogP contribution in [0.2, 0.25) is 0 Å². The Morgan fingerprint density at radius 1 is 1.00 bits per heavy atom. The first-order valence-corrected chi connectivity index (χ1v) is 7.39. The number of hydrogen-bond acceptors (Lipinski definition) is 6. The SMILES string of the molecule is Nc1ccccc1NC(=O)c1c(NO)cc(-c2ccccc2)oc1=O. The first-order chi connectivity index (χ1) is 12.1. The topological polar surface area (TPSA) is 118 Å². The number of benzene rings is 2. The molecule has 0 atom stereocenters. The molecule has 0 saturated heterocycles. The predicted octanol–water partition coefficient (Wildman–Crippen LogP) is 2.94. The van der Waals surface area contributed by atoms with Gasteiger partial charge in [0.2, 0.25) is 0 Å². The molecule has 7 heteroatoms. The van der Waals surface area contributed by atoms with Crippen LogP contribution < -0.4 is 22.2 Å². The van der Waals surface area contributed by atoms with E-state index in [1.807, 2.05) is 11.5 Å². The summed E-state index contributed by atoms with van der Waals surface area (Å²) in [7, 11) is 0. The van der Waals surface area contributed by atoms with Gasteiger partial charge < -0.3 is 15.5 Å². The Morgan fingerprint density at radius 3 is 2.36 bits per heavy atom. The van der Waals surface area contributed by atoms with E-state index in [4.69, 9.17) is 10.2 Å². The highest BCUT2D eigenvalue weighted by atomic mass is 16.5. The van der Waals surface area contributed by atoms with Crippen molar-refractivity contribution >= 4 is 23.0 Å². The molecule has 3 aromatic rings. The fourth-order valence-corrected chi connectivity index (χ4v) is 2.34. The van der Waals surface area contributed by atoms with Crippen LogP contribution in [0.3, 0.4) is 0 Å². The van der Waals surface area contributed by atoms with Crippen molar-refractivity contribution in [2.75, 3.05) is 16.5 Å². The van der Waals surface area contributed by atoms with Crippen LogP contribution in [0.15, 0.2) is 69.9 Å². The second-order valence-corrected chi connectivity index (χ2v) is 5.21. The van der Waals surface area contributed by atoms with Crippen LogP contribution in [0.25, 0.3) is 11.3 Å². The molecule has 1 aromatic heterocycles. The summed E-state index contributed by atoms with van der Waals surface area (Å²) < 4.78 is 5.23. The molecule has 7 nitrogen and oxygen atoms in total. The van der Waals surface area contributed by atoms with Crippen LogP contribution in [-0.2, 0) is 0 Å². The lowest BCUT2D eigenvalue weighted by Gasteiger charge is -2.11. The molecule has 0 radical (unpaired) electrons. The van der Waals surface area contributed by atoms with E-state index in [0.717, 1.165) is 0 Å². The number of carbonyl (C=O) groups excluding carboxylic acids is 1. The van der Waals surface area contributed by atoms with Gasteiger partial charge in [-0.15, -0.1) is 0 Å². The molecular formula is C18H15N3O4. The Balaban J connectivity index is 2.00. The number of nitrogen functional groups attached to an aromatic ring is 1. The smallest absolute Gasteiger partial charge is 0.351 e. The summed E-state index contributed by atoms with van der Waals surface area (Å²) in [6.45, 7) is 0. The van der Waals surface area contributed by atoms with E-state index in [2.05, 4.69) is 5.32 Å². The quantitative estimate of drug-likeness (QED) is 0.429. The van der Waals surface area contributed by atoms with E-state index in [9.17, 15) is 14.8 Å². The Bertz CT molecular complexity index is 968. The molecule has 0 aliphatic rings. The number of hydrogen-bond donors (Lipinski definition) is 4. The molecule has 0 saturated carbocycles. The van der Waals surface area contributed by atoms with Crippen molar-refractivity contribution in [2.45, 2.75) is 0 Å². The number of amides is 1. The van der Waals surface area contributed by atoms with Crippen molar-refractivity contribution in [3.8, 4) is 11.3 Å². The summed E-state index contributed by atoms with van der Waals surface area (Å²) in [6, 6.07) is 16.8. The second-order valence-electron chi connectivity index (χ2n) is 5.21. The maximum Gasteiger partial charge on any atom is 0.351 e. The minimum atomic E-state index is -0.884. The van der Waals surface area contributed by atoms with E-state index in [-0.39, 0.29) is 17.0 Å². The van der Waals surface area contributed by atoms with Crippen LogP contribution >= 0.6 is 0 Å². The van der Waals surface area contributed by atoms with Crippen LogP contribution in [0, 0.1) is 0 Å². The highest BCUT2D eigenvalue weighted by molar-refractivity contribution is 6.08. The van der Waals surface area contributed by atoms with Gasteiger partial charge >= 0.3 is 5.63 Å². The van der Waals surface area contributed by atoms with E-state index < -0.39 is 11.5 Å². The van der Waals surface area contributed by atoms with Crippen LogP contribution in [-0.4, -0.2) is 11.1 Å². The Morgan fingerprint density at radius 2 is 1.68 bits per heavy atom. The highest BCUT2D eigenvalue weighted by Crippen LogP contribution is 2.24. The van der Waals surface area contributed by atoms with E-state index in [0.29, 0.717) is 16.9 Å². The monoisotopic (exact) mass is 337 g/mol. The second kappa shape index (κ2) is 6.90. The fourth-order valence-electron chi connectivity index (χ4n) is 2.34. The van der Waals surface area contributed by atoms with Gasteiger partial charge in [-0.3, -0.25) is 15.5 Å². The minimum Gasteiger partial charge on any atom is -0.422 e. The summed E-state index contributed by atoms with van der Waals surface area (Å²) in [4.78, 5) is 24.7. The van der Waals surface area contributed by atoms with Crippen molar-refractivity contribution in [3.05, 3.63) is 76.6 Å². The average Bonchev–Trinajstić information content (AvgIpc) is 2.63. The fraction of sp³-hybridized carbons (Fsp3) is 0. The molecule has 1 amide bonds. The standard InChI is InChI=1S/C18H15N3O4/c19-12-8-4-5-9-13(12)20-17(22)16-14(21-24)10-15(25-18(16)23)11-6-2-1-3-7-11/h1-10,21,24H,19H2,(H,20,22). The first kappa shape index (κ1) is 16.3. The van der Waals surface area contributed by atoms with Crippen molar-refractivity contribution in [3.63, 3.8) is 0 Å². The molecule has 126 valence electrons. The number of rotatable bonds is 4. The third-order valence-electron chi connectivity index (χ3n) is 3.57. The number of para-hydroxylation sites is 2. The molecule has 5 N–H and O–H groups in total. The minimum absolute atomic E-state index is 0.0675. The van der Waals surface area contributed by atoms with E-state index in [1.165, 1.54) is 6.07 Å². The van der Waals surface area contributed by atoms with Gasteiger partial charge in [0, 0.05) is 11.6 Å².